The Balaban J connectivity index is 1.91. The lowest BCUT2D eigenvalue weighted by atomic mass is 9.98. The molecule has 0 radical (unpaired) electrons. The lowest BCUT2D eigenvalue weighted by molar-refractivity contribution is -0.133. The number of benzene rings is 1. The van der Waals surface area contributed by atoms with Crippen LogP contribution in [0.1, 0.15) is 37.4 Å². The number of ether oxygens (including phenoxy) is 1. The van der Waals surface area contributed by atoms with Crippen LogP contribution in [0.4, 0.5) is 0 Å². The molecule has 1 aliphatic heterocycles. The number of nitrogens with zero attached hydrogens (tertiary/aromatic N) is 1. The molecule has 1 unspecified atom stereocenters. The highest BCUT2D eigenvalue weighted by Gasteiger charge is 2.52. The maximum atomic E-state index is 12.9. The molecule has 2 aliphatic rings. The molecule has 0 bridgehead atoms. The summed E-state index contributed by atoms with van der Waals surface area (Å²) in [5.41, 5.74) is 0.663. The third-order valence-corrected chi connectivity index (χ3v) is 4.79. The zero-order chi connectivity index (χ0) is 14.9. The Bertz CT molecular complexity index is 529. The summed E-state index contributed by atoms with van der Waals surface area (Å²) >= 11 is 6.11. The van der Waals surface area contributed by atoms with Crippen LogP contribution in [0, 0.1) is 0 Å². The van der Waals surface area contributed by atoms with Crippen molar-refractivity contribution in [2.24, 2.45) is 0 Å². The fourth-order valence-electron chi connectivity index (χ4n) is 3.49. The van der Waals surface area contributed by atoms with Gasteiger partial charge in [-0.1, -0.05) is 36.6 Å². The van der Waals surface area contributed by atoms with E-state index in [1.165, 1.54) is 0 Å². The minimum absolute atomic E-state index is 0.107. The Kier molecular flexibility index (Phi) is 4.20. The van der Waals surface area contributed by atoms with E-state index in [1.807, 2.05) is 29.2 Å². The molecule has 1 saturated carbocycles. The fourth-order valence-corrected chi connectivity index (χ4v) is 3.69. The second-order valence-electron chi connectivity index (χ2n) is 5.88. The Morgan fingerprint density at radius 2 is 2.19 bits per heavy atom. The largest absolute Gasteiger partial charge is 0.383 e. The Hall–Kier alpha value is -1.10. The number of amides is 1. The predicted molar refractivity (Wildman–Crippen MR) is 82.1 cm³/mol. The highest BCUT2D eigenvalue weighted by molar-refractivity contribution is 6.30. The topological polar surface area (TPSA) is 41.6 Å². The predicted octanol–water partition coefficient (Wildman–Crippen LogP) is 2.73. The summed E-state index contributed by atoms with van der Waals surface area (Å²) < 4.78 is 5.16. The number of halogens is 1. The number of nitrogens with one attached hydrogen (secondary N) is 1. The van der Waals surface area contributed by atoms with Gasteiger partial charge in [-0.25, -0.2) is 0 Å². The van der Waals surface area contributed by atoms with Crippen molar-refractivity contribution in [3.63, 3.8) is 0 Å². The van der Waals surface area contributed by atoms with Crippen molar-refractivity contribution in [3.05, 3.63) is 34.9 Å². The normalized spacial score (nSPS) is 24.2. The van der Waals surface area contributed by atoms with E-state index in [-0.39, 0.29) is 17.6 Å². The van der Waals surface area contributed by atoms with E-state index in [9.17, 15) is 4.79 Å². The van der Waals surface area contributed by atoms with Gasteiger partial charge in [0.05, 0.1) is 12.1 Å². The van der Waals surface area contributed by atoms with E-state index in [0.29, 0.717) is 18.2 Å². The molecule has 21 heavy (non-hydrogen) atoms. The first-order valence-corrected chi connectivity index (χ1v) is 7.87. The number of carbonyl (C=O) groups excluding carboxylic acids is 1. The zero-order valence-electron chi connectivity index (χ0n) is 12.3. The van der Waals surface area contributed by atoms with Gasteiger partial charge in [0, 0.05) is 18.7 Å². The first-order valence-electron chi connectivity index (χ1n) is 7.49. The van der Waals surface area contributed by atoms with Gasteiger partial charge in [-0.3, -0.25) is 10.1 Å². The Morgan fingerprint density at radius 3 is 2.86 bits per heavy atom. The summed E-state index contributed by atoms with van der Waals surface area (Å²) in [5.74, 6) is 0.210. The first-order chi connectivity index (χ1) is 10.2. The quantitative estimate of drug-likeness (QED) is 0.930. The van der Waals surface area contributed by atoms with Crippen molar-refractivity contribution >= 4 is 17.5 Å². The number of methoxy groups -OCH3 is 1. The zero-order valence-corrected chi connectivity index (χ0v) is 13.0. The summed E-state index contributed by atoms with van der Waals surface area (Å²) in [7, 11) is 1.66. The van der Waals surface area contributed by atoms with Gasteiger partial charge in [-0.15, -0.1) is 0 Å². The molecular formula is C16H21ClN2O2. The van der Waals surface area contributed by atoms with Crippen molar-refractivity contribution in [2.75, 3.05) is 20.3 Å². The van der Waals surface area contributed by atoms with Crippen LogP contribution < -0.4 is 5.32 Å². The van der Waals surface area contributed by atoms with Gasteiger partial charge in [0.25, 0.3) is 0 Å². The number of carbonyl (C=O) groups is 1. The monoisotopic (exact) mass is 308 g/mol. The molecular weight excluding hydrogens is 288 g/mol. The van der Waals surface area contributed by atoms with Gasteiger partial charge < -0.3 is 9.64 Å². The van der Waals surface area contributed by atoms with Crippen LogP contribution in [-0.2, 0) is 9.53 Å². The van der Waals surface area contributed by atoms with E-state index in [0.717, 1.165) is 31.2 Å². The maximum absolute atomic E-state index is 12.9. The highest BCUT2D eigenvalue weighted by Crippen LogP contribution is 2.40. The summed E-state index contributed by atoms with van der Waals surface area (Å²) in [6.45, 7) is 1.14. The van der Waals surface area contributed by atoms with Crippen LogP contribution in [0.5, 0.6) is 0 Å². The van der Waals surface area contributed by atoms with E-state index in [4.69, 9.17) is 16.3 Å². The second-order valence-corrected chi connectivity index (χ2v) is 6.32. The van der Waals surface area contributed by atoms with Gasteiger partial charge in [0.15, 0.2) is 0 Å². The van der Waals surface area contributed by atoms with Gasteiger partial charge in [0.1, 0.15) is 6.17 Å². The van der Waals surface area contributed by atoms with E-state index in [2.05, 4.69) is 5.32 Å². The molecule has 1 aromatic rings. The average Bonchev–Trinajstić information content (AvgIpc) is 3.05. The number of hydrogen-bond donors (Lipinski definition) is 1. The molecule has 1 saturated heterocycles. The van der Waals surface area contributed by atoms with Crippen LogP contribution in [0.15, 0.2) is 24.3 Å². The molecule has 3 rings (SSSR count). The standard InChI is InChI=1S/C16H21ClN2O2/c1-21-10-9-19-14(12-5-4-6-13(17)11-12)18-16(15(19)20)7-2-3-8-16/h4-6,11,14,18H,2-3,7-10H2,1H3. The van der Waals surface area contributed by atoms with Gasteiger partial charge >= 0.3 is 0 Å². The summed E-state index contributed by atoms with van der Waals surface area (Å²) in [5, 5.41) is 4.28. The summed E-state index contributed by atoms with van der Waals surface area (Å²) in [4.78, 5) is 14.8. The van der Waals surface area contributed by atoms with E-state index >= 15 is 0 Å². The molecule has 5 heteroatoms. The SMILES string of the molecule is COCCN1C(=O)C2(CCCC2)NC1c1cccc(Cl)c1. The third kappa shape index (κ3) is 2.68. The van der Waals surface area contributed by atoms with Crippen LogP contribution in [0.3, 0.4) is 0 Å². The molecule has 0 aromatic heterocycles. The summed E-state index contributed by atoms with van der Waals surface area (Å²) in [6, 6.07) is 7.73. The minimum atomic E-state index is -0.374. The van der Waals surface area contributed by atoms with Crippen LogP contribution in [-0.4, -0.2) is 36.6 Å². The molecule has 1 aromatic carbocycles. The molecule has 1 amide bonds. The number of hydrogen-bond acceptors (Lipinski definition) is 3. The maximum Gasteiger partial charge on any atom is 0.244 e. The van der Waals surface area contributed by atoms with Gasteiger partial charge in [0.2, 0.25) is 5.91 Å². The molecule has 1 spiro atoms. The molecule has 1 atom stereocenters. The fraction of sp³-hybridized carbons (Fsp3) is 0.562. The molecule has 1 aliphatic carbocycles. The molecule has 114 valence electrons. The van der Waals surface area contributed by atoms with Crippen LogP contribution in [0.25, 0.3) is 0 Å². The van der Waals surface area contributed by atoms with Crippen molar-refractivity contribution in [1.82, 2.24) is 10.2 Å². The third-order valence-electron chi connectivity index (χ3n) is 4.55. The highest BCUT2D eigenvalue weighted by atomic mass is 35.5. The molecule has 1 heterocycles. The Labute approximate surface area is 130 Å². The lowest BCUT2D eigenvalue weighted by Crippen LogP contribution is -2.44. The lowest BCUT2D eigenvalue weighted by Gasteiger charge is -2.24. The Morgan fingerprint density at radius 1 is 1.43 bits per heavy atom. The average molecular weight is 309 g/mol. The van der Waals surface area contributed by atoms with Crippen molar-refractivity contribution in [3.8, 4) is 0 Å². The minimum Gasteiger partial charge on any atom is -0.383 e. The molecule has 2 fully saturated rings. The summed E-state index contributed by atoms with van der Waals surface area (Å²) in [6.07, 6.45) is 3.96. The van der Waals surface area contributed by atoms with Crippen LogP contribution in [0.2, 0.25) is 5.02 Å². The van der Waals surface area contributed by atoms with Gasteiger partial charge in [-0.2, -0.15) is 0 Å². The molecule has 1 N–H and O–H groups in total. The van der Waals surface area contributed by atoms with Gasteiger partial charge in [-0.05, 0) is 30.5 Å². The van der Waals surface area contributed by atoms with Crippen molar-refractivity contribution in [2.45, 2.75) is 37.4 Å². The van der Waals surface area contributed by atoms with E-state index < -0.39 is 0 Å². The number of rotatable bonds is 4. The molecule has 4 nitrogen and oxygen atoms in total. The van der Waals surface area contributed by atoms with Crippen LogP contribution >= 0.6 is 11.6 Å². The smallest absolute Gasteiger partial charge is 0.244 e. The second kappa shape index (κ2) is 5.95. The van der Waals surface area contributed by atoms with Crippen molar-refractivity contribution in [1.29, 1.82) is 0 Å². The first kappa shape index (κ1) is 14.8. The van der Waals surface area contributed by atoms with Crippen molar-refractivity contribution < 1.29 is 9.53 Å². The van der Waals surface area contributed by atoms with E-state index in [1.54, 1.807) is 7.11 Å².